The van der Waals surface area contributed by atoms with E-state index in [2.05, 4.69) is 0 Å². The Hall–Kier alpha value is 0.599. The molecule has 0 saturated carbocycles. The van der Waals surface area contributed by atoms with Crippen molar-refractivity contribution in [1.82, 2.24) is 0 Å². The molecule has 0 unspecified atom stereocenters. The van der Waals surface area contributed by atoms with E-state index >= 15 is 0 Å². The van der Waals surface area contributed by atoms with Crippen LogP contribution in [0.15, 0.2) is 0 Å². The second-order valence-corrected chi connectivity index (χ2v) is 0.204. The van der Waals surface area contributed by atoms with Crippen LogP contribution in [-0.4, -0.2) is 11.0 Å². The van der Waals surface area contributed by atoms with Crippen LogP contribution in [0.25, 0.3) is 0 Å². The summed E-state index contributed by atoms with van der Waals surface area (Å²) in [5.74, 6) is 0. The van der Waals surface area contributed by atoms with Gasteiger partial charge in [-0.25, -0.2) is 0 Å². The molecule has 13 heteroatoms. The first kappa shape index (κ1) is 49.6. The molecule has 0 aliphatic heterocycles. The molecule has 13 heavy (non-hydrogen) atoms. The maximum absolute atomic E-state index is 7.88. The Morgan fingerprint density at radius 3 is 0.462 bits per heavy atom. The Morgan fingerprint density at radius 1 is 0.462 bits per heavy atom. The number of hydrogen-bond acceptors (Lipinski definition) is 9. The van der Waals surface area contributed by atoms with Gasteiger partial charge in [0.05, 0.1) is 0 Å². The number of hydrogen-bond donors (Lipinski definition) is 0. The summed E-state index contributed by atoms with van der Waals surface area (Å²) >= 11 is 0. The third kappa shape index (κ3) is 3950. The molecule has 0 saturated heterocycles. The molecular weight excluding hydrogens is 288 g/mol. The molecule has 11 nitrogen and oxygen atoms in total. The third-order valence-electron chi connectivity index (χ3n) is 0. The molecule has 0 atom stereocenters. The van der Waals surface area contributed by atoms with Crippen molar-refractivity contribution in [3.05, 3.63) is 0 Å². The van der Waals surface area contributed by atoms with Gasteiger partial charge in [-0.3, -0.25) is 0 Å². The predicted molar refractivity (Wildman–Crippen MR) is 10.5 cm³/mol. The second-order valence-electron chi connectivity index (χ2n) is 0.204. The SMILES string of the molecule is O.O.[Fe+3].[Fe+3].[O-]O[O-].[O-]O[O-].[O-]O[O-]. The van der Waals surface area contributed by atoms with Crippen LogP contribution >= 0.6 is 0 Å². The maximum Gasteiger partial charge on any atom is 3.00 e. The van der Waals surface area contributed by atoms with Crippen molar-refractivity contribution >= 4 is 0 Å². The van der Waals surface area contributed by atoms with E-state index in [1.807, 2.05) is 0 Å². The molecule has 0 aliphatic rings. The van der Waals surface area contributed by atoms with Crippen LogP contribution in [-0.2, 0) is 49.3 Å². The molecule has 0 aromatic carbocycles. The van der Waals surface area contributed by atoms with Crippen molar-refractivity contribution in [3.8, 4) is 0 Å². The topological polar surface area (TPSA) is 229 Å². The standard InChI is InChI=1S/2Fe.3H2O3.2H2O/c;;3*1-3-2;;/h;;3*1-2H;2*1H2/q2*+3;;;;;/p-6. The van der Waals surface area contributed by atoms with Crippen LogP contribution in [0.5, 0.6) is 0 Å². The van der Waals surface area contributed by atoms with Gasteiger partial charge in [0, 0.05) is 0 Å². The summed E-state index contributed by atoms with van der Waals surface area (Å²) in [4.78, 5) is 0. The smallest absolute Gasteiger partial charge is 0.734 e. The van der Waals surface area contributed by atoms with Crippen molar-refractivity contribution < 1.29 is 91.7 Å². The monoisotopic (exact) mass is 292 g/mol. The van der Waals surface area contributed by atoms with Gasteiger partial charge in [0.25, 0.3) is 0 Å². The molecule has 2 radical (unpaired) electrons. The van der Waals surface area contributed by atoms with Gasteiger partial charge in [0.2, 0.25) is 0 Å². The van der Waals surface area contributed by atoms with E-state index in [0.717, 1.165) is 0 Å². The van der Waals surface area contributed by atoms with Crippen molar-refractivity contribution in [2.75, 3.05) is 0 Å². The molecule has 86 valence electrons. The van der Waals surface area contributed by atoms with Crippen molar-refractivity contribution in [2.45, 2.75) is 0 Å². The molecule has 0 heterocycles. The minimum atomic E-state index is 0. The number of rotatable bonds is 0. The molecule has 0 spiro atoms. The zero-order valence-electron chi connectivity index (χ0n) is 5.38. The molecule has 0 aromatic rings. The maximum atomic E-state index is 7.88. The Bertz CT molecular complexity index is 12.8. The molecule has 0 amide bonds. The van der Waals surface area contributed by atoms with E-state index in [0.29, 0.717) is 0 Å². The van der Waals surface area contributed by atoms with Crippen LogP contribution < -0.4 is 31.5 Å². The summed E-state index contributed by atoms with van der Waals surface area (Å²) in [5.41, 5.74) is 0. The second kappa shape index (κ2) is 131. The molecule has 0 rings (SSSR count). The molecule has 0 aromatic heterocycles. The largest absolute Gasteiger partial charge is 3.00 e. The van der Waals surface area contributed by atoms with Gasteiger partial charge in [0.15, 0.2) is 0 Å². The van der Waals surface area contributed by atoms with Gasteiger partial charge in [-0.05, 0) is 0 Å². The van der Waals surface area contributed by atoms with Crippen LogP contribution in [0.2, 0.25) is 0 Å². The molecule has 0 aliphatic carbocycles. The quantitative estimate of drug-likeness (QED) is 0.234. The fraction of sp³-hybridized carbons (Fsp3) is 0. The Morgan fingerprint density at radius 2 is 0.462 bits per heavy atom. The fourth-order valence-corrected chi connectivity index (χ4v) is 0. The van der Waals surface area contributed by atoms with Crippen LogP contribution in [0.4, 0.5) is 0 Å². The van der Waals surface area contributed by atoms with E-state index in [4.69, 9.17) is 31.5 Å². The summed E-state index contributed by atoms with van der Waals surface area (Å²) in [7, 11) is 0. The van der Waals surface area contributed by atoms with Crippen LogP contribution in [0.3, 0.4) is 0 Å². The average Bonchev–Trinajstić information content (AvgIpc) is 1.70. The van der Waals surface area contributed by atoms with Crippen molar-refractivity contribution in [1.29, 1.82) is 0 Å². The summed E-state index contributed by atoms with van der Waals surface area (Å²) in [6.07, 6.45) is 0. The van der Waals surface area contributed by atoms with Crippen LogP contribution in [0, 0.1) is 0 Å². The van der Waals surface area contributed by atoms with Crippen molar-refractivity contribution in [3.63, 3.8) is 0 Å². The van der Waals surface area contributed by atoms with Gasteiger partial charge < -0.3 is 57.6 Å². The van der Waals surface area contributed by atoms with E-state index in [9.17, 15) is 0 Å². The molecule has 0 bridgehead atoms. The van der Waals surface area contributed by atoms with E-state index in [1.165, 1.54) is 0 Å². The summed E-state index contributed by atoms with van der Waals surface area (Å²) in [6, 6.07) is 0. The Labute approximate surface area is 92.2 Å². The molecule has 4 N–H and O–H groups in total. The normalized spacial score (nSPS) is 4.15. The molecule has 0 fully saturated rings. The third-order valence-corrected chi connectivity index (χ3v) is 0. The minimum Gasteiger partial charge on any atom is -0.734 e. The molecular formula is H4Fe2O11. The zero-order chi connectivity index (χ0) is 8.12. The van der Waals surface area contributed by atoms with Crippen molar-refractivity contribution in [2.24, 2.45) is 0 Å². The first-order chi connectivity index (χ1) is 4.24. The fourth-order valence-electron chi connectivity index (χ4n) is 0. The summed E-state index contributed by atoms with van der Waals surface area (Å²) in [5, 5.41) is 52.5. The first-order valence-electron chi connectivity index (χ1n) is 1.00. The van der Waals surface area contributed by atoms with Gasteiger partial charge in [-0.2, -0.15) is 0 Å². The van der Waals surface area contributed by atoms with Gasteiger partial charge in [-0.1, -0.05) is 0 Å². The summed E-state index contributed by atoms with van der Waals surface area (Å²) in [6.45, 7) is 0. The summed E-state index contributed by atoms with van der Waals surface area (Å²) < 4.78 is 0. The zero-order valence-corrected chi connectivity index (χ0v) is 7.59. The Balaban J connectivity index is -0.00000000720. The minimum absolute atomic E-state index is 0. The Kier molecular flexibility index (Phi) is 499. The van der Waals surface area contributed by atoms with E-state index in [1.54, 1.807) is 15.1 Å². The van der Waals surface area contributed by atoms with Crippen LogP contribution in [0.1, 0.15) is 0 Å². The van der Waals surface area contributed by atoms with Gasteiger partial charge in [-0.15, -0.1) is 0 Å². The van der Waals surface area contributed by atoms with E-state index in [-0.39, 0.29) is 45.1 Å². The van der Waals surface area contributed by atoms with Gasteiger partial charge >= 0.3 is 34.1 Å². The predicted octanol–water partition coefficient (Wildman–Crippen LogP) is -8.99. The van der Waals surface area contributed by atoms with E-state index < -0.39 is 0 Å². The first-order valence-corrected chi connectivity index (χ1v) is 1.00. The average molecular weight is 292 g/mol. The van der Waals surface area contributed by atoms with Gasteiger partial charge in [0.1, 0.15) is 0 Å².